The summed E-state index contributed by atoms with van der Waals surface area (Å²) in [4.78, 5) is 10.0. The minimum absolute atomic E-state index is 0.0518. The van der Waals surface area contributed by atoms with Crippen LogP contribution in [0.4, 0.5) is 5.69 Å². The molecule has 0 bridgehead atoms. The van der Waals surface area contributed by atoms with Crippen molar-refractivity contribution >= 4 is 21.9 Å². The molecule has 0 aliphatic heterocycles. The first kappa shape index (κ1) is 15.8. The topological polar surface area (TPSA) is 89.6 Å². The van der Waals surface area contributed by atoms with E-state index in [9.17, 15) is 18.5 Å². The van der Waals surface area contributed by atoms with Crippen LogP contribution in [-0.4, -0.2) is 25.3 Å². The van der Waals surface area contributed by atoms with E-state index in [1.807, 2.05) is 30.3 Å². The minimum Gasteiger partial charge on any atom is -0.258 e. The number of benzene rings is 2. The van der Waals surface area contributed by atoms with Gasteiger partial charge in [-0.2, -0.15) is 4.40 Å². The second-order valence-corrected chi connectivity index (χ2v) is 6.39. The van der Waals surface area contributed by atoms with Crippen LogP contribution in [0.5, 0.6) is 0 Å². The van der Waals surface area contributed by atoms with Gasteiger partial charge in [0.1, 0.15) is 0 Å². The first-order valence-corrected chi connectivity index (χ1v) is 8.13. The lowest BCUT2D eigenvalue weighted by Gasteiger charge is -2.00. The maximum absolute atomic E-state index is 11.8. The molecule has 22 heavy (non-hydrogen) atoms. The van der Waals surface area contributed by atoms with Crippen molar-refractivity contribution in [3.05, 3.63) is 75.8 Å². The van der Waals surface area contributed by atoms with Crippen LogP contribution in [0.3, 0.4) is 0 Å². The maximum Gasteiger partial charge on any atom is 0.269 e. The molecule has 114 valence electrons. The summed E-state index contributed by atoms with van der Waals surface area (Å²) in [5, 5.41) is 10.5. The number of nitrogens with zero attached hydrogens (tertiary/aromatic N) is 2. The van der Waals surface area contributed by atoms with Gasteiger partial charge < -0.3 is 0 Å². The molecule has 0 saturated heterocycles. The molecule has 6 nitrogen and oxygen atoms in total. The SMILES string of the molecule is O=[N+]([O-])c1ccc(/C=N/S(=O)(=O)CCc2ccccc2)cc1. The summed E-state index contributed by atoms with van der Waals surface area (Å²) in [6, 6.07) is 14.8. The Morgan fingerprint density at radius 3 is 2.27 bits per heavy atom. The lowest BCUT2D eigenvalue weighted by Crippen LogP contribution is -2.06. The van der Waals surface area contributed by atoms with Crippen LogP contribution in [0.25, 0.3) is 0 Å². The predicted octanol–water partition coefficient (Wildman–Crippen LogP) is 2.59. The van der Waals surface area contributed by atoms with Crippen LogP contribution < -0.4 is 0 Å². The van der Waals surface area contributed by atoms with E-state index in [0.717, 1.165) is 5.56 Å². The van der Waals surface area contributed by atoms with Crippen molar-refractivity contribution in [2.75, 3.05) is 5.75 Å². The van der Waals surface area contributed by atoms with Crippen LogP contribution in [0, 0.1) is 10.1 Å². The van der Waals surface area contributed by atoms with Crippen molar-refractivity contribution in [3.63, 3.8) is 0 Å². The van der Waals surface area contributed by atoms with Gasteiger partial charge in [0.05, 0.1) is 10.7 Å². The lowest BCUT2D eigenvalue weighted by molar-refractivity contribution is -0.384. The molecule has 7 heteroatoms. The third-order valence-corrected chi connectivity index (χ3v) is 4.10. The van der Waals surface area contributed by atoms with E-state index in [4.69, 9.17) is 0 Å². The van der Waals surface area contributed by atoms with Crippen LogP contribution in [0.15, 0.2) is 59.0 Å². The van der Waals surface area contributed by atoms with Crippen LogP contribution in [0.1, 0.15) is 11.1 Å². The van der Waals surface area contributed by atoms with Crippen molar-refractivity contribution in [2.45, 2.75) is 6.42 Å². The van der Waals surface area contributed by atoms with Gasteiger partial charge in [-0.1, -0.05) is 30.3 Å². The Balaban J connectivity index is 2.00. The Bertz CT molecular complexity index is 769. The molecule has 0 heterocycles. The van der Waals surface area contributed by atoms with E-state index >= 15 is 0 Å². The number of rotatable bonds is 6. The highest BCUT2D eigenvalue weighted by atomic mass is 32.2. The molecule has 0 fully saturated rings. The van der Waals surface area contributed by atoms with Gasteiger partial charge in [0, 0.05) is 18.3 Å². The van der Waals surface area contributed by atoms with Gasteiger partial charge in [0.15, 0.2) is 0 Å². The van der Waals surface area contributed by atoms with E-state index in [-0.39, 0.29) is 11.4 Å². The highest BCUT2D eigenvalue weighted by Crippen LogP contribution is 2.11. The average Bonchev–Trinajstić information content (AvgIpc) is 2.53. The van der Waals surface area contributed by atoms with Crippen LogP contribution in [0.2, 0.25) is 0 Å². The highest BCUT2D eigenvalue weighted by Gasteiger charge is 2.08. The number of aryl methyl sites for hydroxylation is 1. The summed E-state index contributed by atoms with van der Waals surface area (Å²) in [7, 11) is -3.57. The van der Waals surface area contributed by atoms with Crippen molar-refractivity contribution in [1.82, 2.24) is 0 Å². The Morgan fingerprint density at radius 2 is 1.68 bits per heavy atom. The van der Waals surface area contributed by atoms with Gasteiger partial charge in [-0.3, -0.25) is 10.1 Å². The van der Waals surface area contributed by atoms with Crippen molar-refractivity contribution in [3.8, 4) is 0 Å². The van der Waals surface area contributed by atoms with Crippen LogP contribution in [-0.2, 0) is 16.4 Å². The summed E-state index contributed by atoms with van der Waals surface area (Å²) in [6.45, 7) is 0. The second kappa shape index (κ2) is 6.95. The Labute approximate surface area is 128 Å². The molecule has 0 unspecified atom stereocenters. The number of sulfonamides is 1. The molecule has 0 spiro atoms. The number of hydrogen-bond donors (Lipinski definition) is 0. The van der Waals surface area contributed by atoms with Gasteiger partial charge >= 0.3 is 0 Å². The van der Waals surface area contributed by atoms with Gasteiger partial charge in [-0.25, -0.2) is 8.42 Å². The standard InChI is InChI=1S/C15H14N2O4S/c18-17(19)15-8-6-14(7-9-15)12-16-22(20,21)11-10-13-4-2-1-3-5-13/h1-9,12H,10-11H2/b16-12+. The molecule has 0 atom stereocenters. The summed E-state index contributed by atoms with van der Waals surface area (Å²) >= 11 is 0. The van der Waals surface area contributed by atoms with E-state index in [1.54, 1.807) is 0 Å². The fourth-order valence-corrected chi connectivity index (χ4v) is 2.65. The largest absolute Gasteiger partial charge is 0.269 e. The van der Waals surface area contributed by atoms with Crippen molar-refractivity contribution < 1.29 is 13.3 Å². The first-order valence-electron chi connectivity index (χ1n) is 6.53. The van der Waals surface area contributed by atoms with Gasteiger partial charge in [0.2, 0.25) is 0 Å². The number of non-ortho nitro benzene ring substituents is 1. The average molecular weight is 318 g/mol. The summed E-state index contributed by atoms with van der Waals surface area (Å²) < 4.78 is 27.3. The van der Waals surface area contributed by atoms with E-state index < -0.39 is 14.9 Å². The minimum atomic E-state index is -3.57. The zero-order valence-corrected chi connectivity index (χ0v) is 12.4. The normalized spacial score (nSPS) is 11.6. The van der Waals surface area contributed by atoms with Crippen LogP contribution >= 0.6 is 0 Å². The lowest BCUT2D eigenvalue weighted by atomic mass is 10.2. The molecular formula is C15H14N2O4S. The van der Waals surface area contributed by atoms with Gasteiger partial charge in [0.25, 0.3) is 15.7 Å². The first-order chi connectivity index (χ1) is 10.5. The van der Waals surface area contributed by atoms with E-state index in [0.29, 0.717) is 12.0 Å². The fourth-order valence-electron chi connectivity index (χ4n) is 1.77. The molecule has 0 aliphatic carbocycles. The molecule has 0 amide bonds. The third kappa shape index (κ3) is 4.78. The molecule has 0 radical (unpaired) electrons. The number of nitro groups is 1. The Kier molecular flexibility index (Phi) is 5.00. The molecule has 0 aromatic heterocycles. The smallest absolute Gasteiger partial charge is 0.258 e. The van der Waals surface area contributed by atoms with Crippen molar-refractivity contribution in [2.24, 2.45) is 4.40 Å². The molecule has 2 rings (SSSR count). The second-order valence-electron chi connectivity index (χ2n) is 4.60. The summed E-state index contributed by atoms with van der Waals surface area (Å²) in [6.07, 6.45) is 1.59. The number of hydrogen-bond acceptors (Lipinski definition) is 4. The summed E-state index contributed by atoms with van der Waals surface area (Å²) in [5.74, 6) is -0.0828. The molecule has 0 saturated carbocycles. The van der Waals surface area contributed by atoms with E-state index in [2.05, 4.69) is 4.40 Å². The Morgan fingerprint density at radius 1 is 1.05 bits per heavy atom. The molecule has 2 aromatic carbocycles. The molecule has 2 aromatic rings. The quantitative estimate of drug-likeness (QED) is 0.465. The van der Waals surface area contributed by atoms with Crippen molar-refractivity contribution in [1.29, 1.82) is 0 Å². The fraction of sp³-hybridized carbons (Fsp3) is 0.133. The van der Waals surface area contributed by atoms with Gasteiger partial charge in [-0.15, -0.1) is 0 Å². The molecule has 0 N–H and O–H groups in total. The van der Waals surface area contributed by atoms with E-state index in [1.165, 1.54) is 30.5 Å². The zero-order chi connectivity index (χ0) is 16.0. The summed E-state index contributed by atoms with van der Waals surface area (Å²) in [5.41, 5.74) is 1.37. The highest BCUT2D eigenvalue weighted by molar-refractivity contribution is 7.90. The molecular weight excluding hydrogens is 304 g/mol. The molecule has 0 aliphatic rings. The zero-order valence-electron chi connectivity index (χ0n) is 11.6. The predicted molar refractivity (Wildman–Crippen MR) is 84.6 cm³/mol. The van der Waals surface area contributed by atoms with Gasteiger partial charge in [-0.05, 0) is 29.7 Å². The number of nitro benzene ring substituents is 1. The Hall–Kier alpha value is -2.54. The third-order valence-electron chi connectivity index (χ3n) is 2.96. The maximum atomic E-state index is 11.8. The monoisotopic (exact) mass is 318 g/mol.